The van der Waals surface area contributed by atoms with Gasteiger partial charge in [-0.1, -0.05) is 0 Å². The molecule has 95 valence electrons. The Morgan fingerprint density at radius 1 is 0.875 bits per heavy atom. The molecule has 0 aromatic heterocycles. The van der Waals surface area contributed by atoms with Crippen molar-refractivity contribution in [2.45, 2.75) is 84.5 Å². The first-order valence-electron chi connectivity index (χ1n) is 6.76. The van der Waals surface area contributed by atoms with Crippen LogP contribution in [-0.4, -0.2) is 35.3 Å². The predicted molar refractivity (Wildman–Crippen MR) is 69.5 cm³/mol. The Morgan fingerprint density at radius 2 is 1.44 bits per heavy atom. The average Bonchev–Trinajstić information content (AvgIpc) is 2.31. The maximum atomic E-state index is 6.04. The van der Waals surface area contributed by atoms with Crippen LogP contribution >= 0.6 is 0 Å². The number of ether oxygens (including phenoxy) is 1. The first-order chi connectivity index (χ1) is 7.78. The van der Waals surface area contributed by atoms with Gasteiger partial charge in [0.15, 0.2) is 0 Å². The Hall–Kier alpha value is 0.719. The van der Waals surface area contributed by atoms with Gasteiger partial charge < -0.3 is 0 Å². The molecule has 0 spiro atoms. The summed E-state index contributed by atoms with van der Waals surface area (Å²) in [4.78, 5) is 0. The Morgan fingerprint density at radius 3 is 1.81 bits per heavy atom. The molecule has 0 aliphatic rings. The van der Waals surface area contributed by atoms with E-state index in [0.29, 0.717) is 6.10 Å². The van der Waals surface area contributed by atoms with Crippen LogP contribution < -0.4 is 0 Å². The van der Waals surface area contributed by atoms with E-state index in [0.717, 1.165) is 35.8 Å². The van der Waals surface area contributed by atoms with Gasteiger partial charge in [-0.3, -0.25) is 0 Å². The Bertz CT molecular complexity index is 134. The third-order valence-electron chi connectivity index (χ3n) is 2.76. The van der Waals surface area contributed by atoms with Crippen LogP contribution in [0.5, 0.6) is 0 Å². The molecule has 0 saturated carbocycles. The van der Waals surface area contributed by atoms with Gasteiger partial charge in [-0.15, -0.1) is 0 Å². The van der Waals surface area contributed by atoms with Crippen LogP contribution in [0.4, 0.5) is 0 Å². The summed E-state index contributed by atoms with van der Waals surface area (Å²) in [5.74, 6) is 0. The summed E-state index contributed by atoms with van der Waals surface area (Å²) in [6.45, 7) is 6.65. The van der Waals surface area contributed by atoms with Crippen LogP contribution in [0.25, 0.3) is 0 Å². The van der Waals surface area contributed by atoms with Crippen LogP contribution in [0.2, 0.25) is 0 Å². The predicted octanol–water partition coefficient (Wildman–Crippen LogP) is 3.98. The fourth-order valence-electron chi connectivity index (χ4n) is 1.75. The molecule has 0 aromatic carbocycles. The van der Waals surface area contributed by atoms with Gasteiger partial charge in [0.1, 0.15) is 0 Å². The first kappa shape index (κ1) is 16.7. The van der Waals surface area contributed by atoms with Crippen LogP contribution in [0, 0.1) is 0 Å². The van der Waals surface area contributed by atoms with Crippen molar-refractivity contribution in [3.05, 3.63) is 0 Å². The molecule has 1 unspecified atom stereocenters. The molecule has 1 atom stereocenters. The summed E-state index contributed by atoms with van der Waals surface area (Å²) in [5, 5.41) is 0. The zero-order valence-corrected chi connectivity index (χ0v) is 14.0. The minimum absolute atomic E-state index is 0.0434. The molecule has 16 heavy (non-hydrogen) atoms. The summed E-state index contributed by atoms with van der Waals surface area (Å²) < 4.78 is 11.5. The van der Waals surface area contributed by atoms with E-state index in [9.17, 15) is 0 Å². The second kappa shape index (κ2) is 12.2. The quantitative estimate of drug-likeness (QED) is 0.420. The van der Waals surface area contributed by atoms with E-state index in [2.05, 4.69) is 20.8 Å². The van der Waals surface area contributed by atoms with Gasteiger partial charge in [0.05, 0.1) is 0 Å². The SMILES string of the molecule is CCCCC(CCCC)OC(CCC)[O][Sn]. The molecule has 0 heterocycles. The normalized spacial score (nSPS) is 13.3. The van der Waals surface area contributed by atoms with Gasteiger partial charge in [0, 0.05) is 0 Å². The Kier molecular flexibility index (Phi) is 12.7. The first-order valence-corrected chi connectivity index (χ1v) is 7.92. The van der Waals surface area contributed by atoms with Gasteiger partial charge in [0.2, 0.25) is 0 Å². The van der Waals surface area contributed by atoms with E-state index >= 15 is 0 Å². The molecular formula is C13H27O2Sn. The molecule has 0 saturated heterocycles. The van der Waals surface area contributed by atoms with Crippen LogP contribution in [-0.2, 0) is 7.81 Å². The zero-order chi connectivity index (χ0) is 12.2. The van der Waals surface area contributed by atoms with Gasteiger partial charge in [-0.2, -0.15) is 0 Å². The summed E-state index contributed by atoms with van der Waals surface area (Å²) in [6, 6.07) is 0. The molecule has 3 radical (unpaired) electrons. The van der Waals surface area contributed by atoms with E-state index in [-0.39, 0.29) is 6.29 Å². The van der Waals surface area contributed by atoms with Crippen molar-refractivity contribution in [3.8, 4) is 0 Å². The van der Waals surface area contributed by atoms with Crippen LogP contribution in [0.3, 0.4) is 0 Å². The molecule has 0 N–H and O–H groups in total. The fraction of sp³-hybridized carbons (Fsp3) is 1.00. The number of hydrogen-bond acceptors (Lipinski definition) is 2. The van der Waals surface area contributed by atoms with Crippen molar-refractivity contribution in [1.29, 1.82) is 0 Å². The van der Waals surface area contributed by atoms with Crippen molar-refractivity contribution < 1.29 is 7.81 Å². The molecule has 0 fully saturated rings. The van der Waals surface area contributed by atoms with Crippen molar-refractivity contribution in [2.24, 2.45) is 0 Å². The van der Waals surface area contributed by atoms with Gasteiger partial charge in [0.25, 0.3) is 0 Å². The number of unbranched alkanes of at least 4 members (excludes halogenated alkanes) is 2. The molecule has 0 rings (SSSR count). The molecule has 0 bridgehead atoms. The minimum atomic E-state index is 0.0434. The summed E-state index contributed by atoms with van der Waals surface area (Å²) in [5.41, 5.74) is 0. The van der Waals surface area contributed by atoms with E-state index in [1.54, 1.807) is 0 Å². The molecular weight excluding hydrogens is 307 g/mol. The van der Waals surface area contributed by atoms with E-state index in [4.69, 9.17) is 7.81 Å². The summed E-state index contributed by atoms with van der Waals surface area (Å²) >= 11 is 1.12. The zero-order valence-electron chi connectivity index (χ0n) is 11.1. The molecule has 0 amide bonds. The van der Waals surface area contributed by atoms with Crippen molar-refractivity contribution in [2.75, 3.05) is 0 Å². The van der Waals surface area contributed by atoms with Crippen LogP contribution in [0.1, 0.15) is 72.1 Å². The second-order valence-corrected chi connectivity index (χ2v) is 5.05. The fourth-order valence-corrected chi connectivity index (χ4v) is 2.24. The second-order valence-electron chi connectivity index (χ2n) is 4.38. The monoisotopic (exact) mass is 335 g/mol. The van der Waals surface area contributed by atoms with E-state index in [1.165, 1.54) is 38.5 Å². The van der Waals surface area contributed by atoms with Crippen molar-refractivity contribution >= 4 is 22.9 Å². The van der Waals surface area contributed by atoms with E-state index in [1.807, 2.05) is 0 Å². The standard InChI is InChI=1S/C13H27O2.Sn/c1-4-7-10-12(11-8-5-2)15-13(14)9-6-3;/h12-13H,4-11H2,1-3H3;/q-1;+1. The van der Waals surface area contributed by atoms with E-state index < -0.39 is 0 Å². The van der Waals surface area contributed by atoms with Crippen LogP contribution in [0.15, 0.2) is 0 Å². The molecule has 0 aliphatic carbocycles. The number of hydrogen-bond donors (Lipinski definition) is 0. The molecule has 0 aromatic rings. The summed E-state index contributed by atoms with van der Waals surface area (Å²) in [7, 11) is 0. The van der Waals surface area contributed by atoms with Gasteiger partial charge in [-0.05, 0) is 0 Å². The third kappa shape index (κ3) is 8.82. The average molecular weight is 334 g/mol. The summed E-state index contributed by atoms with van der Waals surface area (Å²) in [6.07, 6.45) is 10.0. The third-order valence-corrected chi connectivity index (χ3v) is 3.51. The van der Waals surface area contributed by atoms with Gasteiger partial charge in [-0.25, -0.2) is 0 Å². The van der Waals surface area contributed by atoms with Gasteiger partial charge >= 0.3 is 115 Å². The Balaban J connectivity index is 3.94. The van der Waals surface area contributed by atoms with Crippen molar-refractivity contribution in [3.63, 3.8) is 0 Å². The molecule has 0 aliphatic heterocycles. The Labute approximate surface area is 115 Å². The topological polar surface area (TPSA) is 18.5 Å². The molecule has 3 heteroatoms. The number of rotatable bonds is 11. The molecule has 2 nitrogen and oxygen atoms in total. The maximum absolute atomic E-state index is 6.04. The van der Waals surface area contributed by atoms with Crippen molar-refractivity contribution in [1.82, 2.24) is 0 Å².